The minimum absolute atomic E-state index is 0. The Labute approximate surface area is 115 Å². The van der Waals surface area contributed by atoms with Crippen LogP contribution in [0.15, 0.2) is 30.3 Å². The molecule has 0 aromatic heterocycles. The Kier molecular flexibility index (Phi) is 5.82. The van der Waals surface area contributed by atoms with Gasteiger partial charge in [0, 0.05) is 0 Å². The molecular weight excluding hydrogens is 219 g/mol. The number of hydrogen-bond donors (Lipinski definition) is 0. The molecule has 0 atom stereocenters. The second-order valence-electron chi connectivity index (χ2n) is 6.24. The average molecular weight is 242 g/mol. The summed E-state index contributed by atoms with van der Waals surface area (Å²) in [5.74, 6) is 0. The van der Waals surface area contributed by atoms with Crippen LogP contribution in [-0.2, 0) is 0 Å². The summed E-state index contributed by atoms with van der Waals surface area (Å²) >= 11 is 0. The van der Waals surface area contributed by atoms with E-state index in [0.29, 0.717) is 5.04 Å². The van der Waals surface area contributed by atoms with E-state index in [1.807, 2.05) is 0 Å². The molecule has 0 aliphatic heterocycles. The maximum Gasteiger partial charge on any atom is 1.00 e. The summed E-state index contributed by atoms with van der Waals surface area (Å²) in [6.45, 7) is 14.8. The van der Waals surface area contributed by atoms with Gasteiger partial charge in [-0.1, -0.05) is 78.3 Å². The van der Waals surface area contributed by atoms with E-state index in [0.717, 1.165) is 0 Å². The zero-order valence-corrected chi connectivity index (χ0v) is 13.9. The molecule has 0 nitrogen and oxygen atoms in total. The van der Waals surface area contributed by atoms with E-state index in [-0.39, 0.29) is 18.9 Å². The Balaban J connectivity index is 0.00000225. The van der Waals surface area contributed by atoms with Crippen molar-refractivity contribution in [1.29, 1.82) is 0 Å². The smallest absolute Gasteiger partial charge is 0.276 e. The number of hydrogen-bond acceptors (Lipinski definition) is 0. The van der Waals surface area contributed by atoms with E-state index >= 15 is 0 Å². The molecule has 1 aromatic carbocycles. The molecule has 0 aliphatic carbocycles. The third-order valence-electron chi connectivity index (χ3n) is 2.56. The fourth-order valence-electron chi connectivity index (χ4n) is 2.60. The fraction of sp³-hybridized carbons (Fsp3) is 0.538. The van der Waals surface area contributed by atoms with Gasteiger partial charge in [0.2, 0.25) is 0 Å². The van der Waals surface area contributed by atoms with E-state index in [1.54, 1.807) is 5.19 Å². The van der Waals surface area contributed by atoms with E-state index in [2.05, 4.69) is 70.7 Å². The predicted molar refractivity (Wildman–Crippen MR) is 74.9 cm³/mol. The molecule has 0 saturated carbocycles. The fourth-order valence-corrected chi connectivity index (χ4v) is 17.0. The van der Waals surface area contributed by atoms with Crippen molar-refractivity contribution in [3.05, 3.63) is 30.3 Å². The topological polar surface area (TPSA) is 0 Å². The number of benzene rings is 1. The molecule has 0 N–H and O–H groups in total. The van der Waals surface area contributed by atoms with Crippen LogP contribution in [0.1, 0.15) is 20.8 Å². The van der Waals surface area contributed by atoms with Crippen molar-refractivity contribution in [3.8, 4) is 0 Å². The molecule has 0 unspecified atom stereocenters. The summed E-state index contributed by atoms with van der Waals surface area (Å²) in [4.78, 5) is 0. The Morgan fingerprint density at radius 3 is 1.69 bits per heavy atom. The Morgan fingerprint density at radius 2 is 1.38 bits per heavy atom. The molecule has 0 aliphatic rings. The quantitative estimate of drug-likeness (QED) is 0.667. The van der Waals surface area contributed by atoms with Gasteiger partial charge in [-0.25, -0.2) is 5.19 Å². The van der Waals surface area contributed by atoms with Crippen LogP contribution in [0.2, 0.25) is 24.7 Å². The first-order valence-corrected chi connectivity index (χ1v) is 11.7. The van der Waals surface area contributed by atoms with Crippen LogP contribution in [0.4, 0.5) is 0 Å². The first-order chi connectivity index (χ1) is 6.73. The molecule has 0 fully saturated rings. The number of rotatable bonds is 2. The van der Waals surface area contributed by atoms with Gasteiger partial charge in [0.1, 0.15) is 0 Å². The van der Waals surface area contributed by atoms with Crippen LogP contribution < -0.4 is 24.0 Å². The van der Waals surface area contributed by atoms with Crippen LogP contribution in [0.3, 0.4) is 0 Å². The first kappa shape index (κ1) is 16.3. The summed E-state index contributed by atoms with van der Waals surface area (Å²) < 4.78 is 0. The van der Waals surface area contributed by atoms with Gasteiger partial charge in [0.15, 0.2) is 0 Å². The Morgan fingerprint density at radius 1 is 0.938 bits per heavy atom. The van der Waals surface area contributed by atoms with Crippen LogP contribution in [0.5, 0.6) is 0 Å². The summed E-state index contributed by atoms with van der Waals surface area (Å²) in [7, 11) is -1.48. The molecule has 1 aromatic rings. The molecular formula is C13H23LiSi2. The van der Waals surface area contributed by atoms with Crippen molar-refractivity contribution in [2.24, 2.45) is 0 Å². The summed E-state index contributed by atoms with van der Waals surface area (Å²) in [6, 6.07) is 11.2. The monoisotopic (exact) mass is 242 g/mol. The molecule has 3 heteroatoms. The second-order valence-corrected chi connectivity index (χ2v) is 19.6. The third kappa shape index (κ3) is 4.25. The Hall–Kier alpha value is 0.251. The van der Waals surface area contributed by atoms with Crippen LogP contribution in [0, 0.1) is 0 Å². The molecule has 0 amide bonds. The predicted octanol–water partition coefficient (Wildman–Crippen LogP) is 0.609. The second kappa shape index (κ2) is 5.73. The van der Waals surface area contributed by atoms with E-state index in [4.69, 9.17) is 0 Å². The molecule has 0 radical (unpaired) electrons. The maximum absolute atomic E-state index is 2.51. The first-order valence-electron chi connectivity index (χ1n) is 5.66. The van der Waals surface area contributed by atoms with Crippen LogP contribution >= 0.6 is 0 Å². The van der Waals surface area contributed by atoms with Crippen molar-refractivity contribution in [2.75, 3.05) is 0 Å². The van der Waals surface area contributed by atoms with E-state index in [1.165, 1.54) is 0 Å². The van der Waals surface area contributed by atoms with Crippen molar-refractivity contribution in [3.63, 3.8) is 0 Å². The standard InChI is InChI=1S/C13H23Si2.Li/c1-13(2,3)14(15(4,5)6)12-10-8-7-9-11-12;/h7-11H,1-6H3;/q-1;+1. The van der Waals surface area contributed by atoms with Gasteiger partial charge in [0.05, 0.1) is 0 Å². The molecule has 0 heterocycles. The van der Waals surface area contributed by atoms with Gasteiger partial charge >= 0.3 is 18.9 Å². The molecule has 1 rings (SSSR count). The molecule has 0 spiro atoms. The van der Waals surface area contributed by atoms with Crippen molar-refractivity contribution < 1.29 is 18.9 Å². The summed E-state index contributed by atoms with van der Waals surface area (Å²) in [6.07, 6.45) is 0. The summed E-state index contributed by atoms with van der Waals surface area (Å²) in [5, 5.41) is 2.09. The van der Waals surface area contributed by atoms with Crippen molar-refractivity contribution in [2.45, 2.75) is 45.5 Å². The third-order valence-corrected chi connectivity index (χ3v) is 14.1. The van der Waals surface area contributed by atoms with Crippen molar-refractivity contribution in [1.82, 2.24) is 0 Å². The average Bonchev–Trinajstić information content (AvgIpc) is 2.00. The van der Waals surface area contributed by atoms with E-state index < -0.39 is 15.9 Å². The normalized spacial score (nSPS) is 11.9. The SMILES string of the molecule is CC(C)(C)[Si-](c1ccccc1)[Si](C)(C)C.[Li+]. The maximum atomic E-state index is 2.51. The van der Waals surface area contributed by atoms with Crippen LogP contribution in [0.25, 0.3) is 0 Å². The van der Waals surface area contributed by atoms with Gasteiger partial charge in [-0.3, -0.25) is 8.31 Å². The largest absolute Gasteiger partial charge is 1.00 e. The van der Waals surface area contributed by atoms with Gasteiger partial charge in [-0.2, -0.15) is 5.04 Å². The van der Waals surface area contributed by atoms with Crippen LogP contribution in [-0.4, -0.2) is 15.9 Å². The van der Waals surface area contributed by atoms with E-state index in [9.17, 15) is 0 Å². The molecule has 0 bridgehead atoms. The Bertz CT molecular complexity index is 295. The zero-order chi connectivity index (χ0) is 11.7. The zero-order valence-electron chi connectivity index (χ0n) is 11.9. The van der Waals surface area contributed by atoms with Gasteiger partial charge < -0.3 is 0 Å². The molecule has 84 valence electrons. The minimum Gasteiger partial charge on any atom is -0.276 e. The molecule has 0 saturated heterocycles. The molecule has 16 heavy (non-hydrogen) atoms. The van der Waals surface area contributed by atoms with Gasteiger partial charge in [0.25, 0.3) is 0 Å². The van der Waals surface area contributed by atoms with Gasteiger partial charge in [-0.15, -0.1) is 0 Å². The minimum atomic E-state index is -1.06. The van der Waals surface area contributed by atoms with Gasteiger partial charge in [-0.05, 0) is 0 Å². The summed E-state index contributed by atoms with van der Waals surface area (Å²) in [5.41, 5.74) is 0. The van der Waals surface area contributed by atoms with Crippen molar-refractivity contribution >= 4 is 21.1 Å².